The van der Waals surface area contributed by atoms with Gasteiger partial charge in [-0.25, -0.2) is 9.59 Å². The van der Waals surface area contributed by atoms with E-state index in [1.165, 1.54) is 6.92 Å². The first kappa shape index (κ1) is 12.4. The fourth-order valence-corrected chi connectivity index (χ4v) is 0.496. The van der Waals surface area contributed by atoms with Gasteiger partial charge in [0.25, 0.3) is 6.29 Å². The van der Waals surface area contributed by atoms with Crippen molar-refractivity contribution in [3.05, 3.63) is 24.8 Å². The summed E-state index contributed by atoms with van der Waals surface area (Å²) < 4.78 is 9.03. The van der Waals surface area contributed by atoms with Crippen molar-refractivity contribution in [1.29, 1.82) is 0 Å². The predicted molar refractivity (Wildman–Crippen MR) is 48.1 cm³/mol. The van der Waals surface area contributed by atoms with Gasteiger partial charge in [-0.3, -0.25) is 0 Å². The number of carbonyl (C=O) groups excluding carboxylic acids is 2. The number of ether oxygens (including phenoxy) is 2. The lowest BCUT2D eigenvalue weighted by Crippen LogP contribution is -2.27. The highest BCUT2D eigenvalue weighted by atomic mass is 16.7. The van der Waals surface area contributed by atoms with Crippen LogP contribution < -0.4 is 0 Å². The third-order valence-corrected chi connectivity index (χ3v) is 1.15. The minimum absolute atomic E-state index is 0.151. The Morgan fingerprint density at radius 2 is 2.07 bits per heavy atom. The Morgan fingerprint density at radius 1 is 1.50 bits per heavy atom. The van der Waals surface area contributed by atoms with Gasteiger partial charge >= 0.3 is 11.9 Å². The number of hydrogen-bond donors (Lipinski definition) is 1. The Bertz CT molecular complexity index is 256. The van der Waals surface area contributed by atoms with Gasteiger partial charge in [-0.1, -0.05) is 13.2 Å². The van der Waals surface area contributed by atoms with E-state index in [9.17, 15) is 9.59 Å². The van der Waals surface area contributed by atoms with Gasteiger partial charge in [0.2, 0.25) is 0 Å². The van der Waals surface area contributed by atoms with E-state index in [-0.39, 0.29) is 5.57 Å². The summed E-state index contributed by atoms with van der Waals surface area (Å²) in [5.41, 5.74) is 0.151. The zero-order valence-corrected chi connectivity index (χ0v) is 7.86. The Balaban J connectivity index is 4.15. The monoisotopic (exact) mass is 200 g/mol. The van der Waals surface area contributed by atoms with Crippen LogP contribution in [0, 0.1) is 0 Å². The van der Waals surface area contributed by atoms with Crippen LogP contribution in [-0.4, -0.2) is 29.9 Å². The lowest BCUT2D eigenvalue weighted by Gasteiger charge is -2.14. The molecular weight excluding hydrogens is 188 g/mol. The number of esters is 2. The van der Waals surface area contributed by atoms with Gasteiger partial charge < -0.3 is 14.6 Å². The Morgan fingerprint density at radius 3 is 2.43 bits per heavy atom. The highest BCUT2D eigenvalue weighted by Gasteiger charge is 2.16. The molecule has 0 bridgehead atoms. The summed E-state index contributed by atoms with van der Waals surface area (Å²) in [6, 6.07) is 0. The van der Waals surface area contributed by atoms with Crippen LogP contribution in [0.25, 0.3) is 0 Å². The molecule has 0 spiro atoms. The van der Waals surface area contributed by atoms with Gasteiger partial charge in [-0.05, 0) is 6.92 Å². The summed E-state index contributed by atoms with van der Waals surface area (Å²) in [6.45, 7) is 7.30. The van der Waals surface area contributed by atoms with Crippen LogP contribution in [0.1, 0.15) is 6.92 Å². The summed E-state index contributed by atoms with van der Waals surface area (Å²) in [4.78, 5) is 21.6. The summed E-state index contributed by atoms with van der Waals surface area (Å²) in [6.07, 6.45) is -0.415. The van der Waals surface area contributed by atoms with Gasteiger partial charge in [-0.15, -0.1) is 0 Å². The molecule has 1 unspecified atom stereocenters. The highest BCUT2D eigenvalue weighted by molar-refractivity contribution is 5.87. The van der Waals surface area contributed by atoms with Crippen LogP contribution in [-0.2, 0) is 19.1 Å². The molecule has 0 radical (unpaired) electrons. The van der Waals surface area contributed by atoms with E-state index in [2.05, 4.69) is 22.6 Å². The first-order valence-corrected chi connectivity index (χ1v) is 3.81. The molecule has 0 aliphatic carbocycles. The molecule has 14 heavy (non-hydrogen) atoms. The van der Waals surface area contributed by atoms with Gasteiger partial charge in [0.1, 0.15) is 6.61 Å². The van der Waals surface area contributed by atoms with E-state index in [0.717, 1.165) is 6.08 Å². The summed E-state index contributed by atoms with van der Waals surface area (Å²) >= 11 is 0. The number of aliphatic hydroxyl groups is 1. The average molecular weight is 200 g/mol. The standard InChI is InChI=1S/C9H12O5/c1-4-7(11)13-8(5-10)14-9(12)6(2)3/h4,8,10H,1-2,5H2,3H3. The fourth-order valence-electron chi connectivity index (χ4n) is 0.496. The van der Waals surface area contributed by atoms with E-state index in [0.29, 0.717) is 0 Å². The SMILES string of the molecule is C=CC(=O)OC(CO)OC(=O)C(=C)C. The molecule has 0 aliphatic rings. The summed E-state index contributed by atoms with van der Waals surface area (Å²) in [5, 5.41) is 8.68. The van der Waals surface area contributed by atoms with Crippen LogP contribution in [0.4, 0.5) is 0 Å². The van der Waals surface area contributed by atoms with Gasteiger partial charge in [-0.2, -0.15) is 0 Å². The molecule has 78 valence electrons. The predicted octanol–water partition coefficient (Wildman–Crippen LogP) is 0.153. The average Bonchev–Trinajstić information content (AvgIpc) is 2.16. The van der Waals surface area contributed by atoms with Crippen molar-refractivity contribution in [2.24, 2.45) is 0 Å². The molecule has 0 aromatic rings. The molecule has 0 aromatic heterocycles. The molecule has 0 heterocycles. The lowest BCUT2D eigenvalue weighted by atomic mass is 10.4. The second kappa shape index (κ2) is 5.93. The van der Waals surface area contributed by atoms with E-state index in [1.54, 1.807) is 0 Å². The summed E-state index contributed by atoms with van der Waals surface area (Å²) in [7, 11) is 0. The van der Waals surface area contributed by atoms with Crippen molar-refractivity contribution in [2.75, 3.05) is 6.61 Å². The number of carbonyl (C=O) groups is 2. The van der Waals surface area contributed by atoms with Crippen molar-refractivity contribution >= 4 is 11.9 Å². The maximum Gasteiger partial charge on any atom is 0.336 e. The van der Waals surface area contributed by atoms with Crippen molar-refractivity contribution in [1.82, 2.24) is 0 Å². The van der Waals surface area contributed by atoms with Crippen LogP contribution >= 0.6 is 0 Å². The van der Waals surface area contributed by atoms with Crippen LogP contribution in [0.3, 0.4) is 0 Å². The molecular formula is C9H12O5. The Kier molecular flexibility index (Phi) is 5.24. The first-order valence-electron chi connectivity index (χ1n) is 3.81. The molecule has 0 aliphatic heterocycles. The van der Waals surface area contributed by atoms with E-state index in [4.69, 9.17) is 5.11 Å². The van der Waals surface area contributed by atoms with Crippen molar-refractivity contribution in [2.45, 2.75) is 13.2 Å². The zero-order chi connectivity index (χ0) is 11.1. The van der Waals surface area contributed by atoms with E-state index < -0.39 is 24.8 Å². The molecule has 0 fully saturated rings. The molecule has 1 N–H and O–H groups in total. The maximum absolute atomic E-state index is 10.9. The third kappa shape index (κ3) is 4.42. The quantitative estimate of drug-likeness (QED) is 0.388. The van der Waals surface area contributed by atoms with Crippen molar-refractivity contribution < 1.29 is 24.2 Å². The molecule has 1 atom stereocenters. The second-order valence-electron chi connectivity index (χ2n) is 2.44. The Labute approximate surface area is 81.6 Å². The van der Waals surface area contributed by atoms with Gasteiger partial charge in [0.05, 0.1) is 0 Å². The molecule has 5 nitrogen and oxygen atoms in total. The summed E-state index contributed by atoms with van der Waals surface area (Å²) in [5.74, 6) is -1.51. The molecule has 5 heteroatoms. The molecule has 0 saturated heterocycles. The number of rotatable bonds is 5. The minimum Gasteiger partial charge on any atom is -0.419 e. The molecule has 0 rings (SSSR count). The number of hydrogen-bond acceptors (Lipinski definition) is 5. The third-order valence-electron chi connectivity index (χ3n) is 1.15. The zero-order valence-electron chi connectivity index (χ0n) is 7.86. The molecule has 0 amide bonds. The lowest BCUT2D eigenvalue weighted by molar-refractivity contribution is -0.187. The van der Waals surface area contributed by atoms with Gasteiger partial charge in [0, 0.05) is 11.6 Å². The molecule has 0 aromatic carbocycles. The van der Waals surface area contributed by atoms with Crippen LogP contribution in [0.15, 0.2) is 24.8 Å². The topological polar surface area (TPSA) is 72.8 Å². The first-order chi connectivity index (χ1) is 6.51. The van der Waals surface area contributed by atoms with E-state index in [1.807, 2.05) is 0 Å². The fraction of sp³-hybridized carbons (Fsp3) is 0.333. The largest absolute Gasteiger partial charge is 0.419 e. The highest BCUT2D eigenvalue weighted by Crippen LogP contribution is 2.00. The smallest absolute Gasteiger partial charge is 0.336 e. The molecule has 0 saturated carbocycles. The van der Waals surface area contributed by atoms with Crippen LogP contribution in [0.2, 0.25) is 0 Å². The van der Waals surface area contributed by atoms with Crippen molar-refractivity contribution in [3.8, 4) is 0 Å². The minimum atomic E-state index is -1.32. The Hall–Kier alpha value is -1.62. The second-order valence-corrected chi connectivity index (χ2v) is 2.44. The van der Waals surface area contributed by atoms with E-state index >= 15 is 0 Å². The van der Waals surface area contributed by atoms with Crippen molar-refractivity contribution in [3.63, 3.8) is 0 Å². The van der Waals surface area contributed by atoms with Crippen LogP contribution in [0.5, 0.6) is 0 Å². The van der Waals surface area contributed by atoms with Gasteiger partial charge in [0.15, 0.2) is 0 Å². The maximum atomic E-state index is 10.9. The number of aliphatic hydroxyl groups excluding tert-OH is 1. The normalized spacial score (nSPS) is 11.3.